The zero-order chi connectivity index (χ0) is 12.4. The summed E-state index contributed by atoms with van der Waals surface area (Å²) in [6.45, 7) is 14.2. The summed E-state index contributed by atoms with van der Waals surface area (Å²) in [5, 5.41) is 0. The average molecular weight is 222 g/mol. The molecular weight excluding hydrogens is 192 g/mol. The van der Waals surface area contributed by atoms with Crippen LogP contribution in [0, 0.1) is 16.7 Å². The van der Waals surface area contributed by atoms with Gasteiger partial charge in [0.25, 0.3) is 0 Å². The van der Waals surface area contributed by atoms with E-state index in [-0.39, 0.29) is 0 Å². The van der Waals surface area contributed by atoms with Crippen LogP contribution in [0.15, 0.2) is 11.6 Å². The lowest BCUT2D eigenvalue weighted by Gasteiger charge is -2.46. The molecule has 0 heterocycles. The molecule has 0 unspecified atom stereocenters. The number of hydrogen-bond donors (Lipinski definition) is 0. The van der Waals surface area contributed by atoms with Gasteiger partial charge in [-0.25, -0.2) is 0 Å². The fraction of sp³-hybridized carbons (Fsp3) is 0.875. The second kappa shape index (κ2) is 4.94. The highest BCUT2D eigenvalue weighted by Gasteiger charge is 2.39. The van der Waals surface area contributed by atoms with Crippen LogP contribution >= 0.6 is 0 Å². The molecule has 0 amide bonds. The Morgan fingerprint density at radius 3 is 2.12 bits per heavy atom. The van der Waals surface area contributed by atoms with Crippen molar-refractivity contribution in [3.63, 3.8) is 0 Å². The third-order valence-corrected chi connectivity index (χ3v) is 4.23. The molecule has 0 atom stereocenters. The maximum Gasteiger partial charge on any atom is -0.0260 e. The van der Waals surface area contributed by atoms with Crippen molar-refractivity contribution in [2.75, 3.05) is 0 Å². The van der Waals surface area contributed by atoms with Gasteiger partial charge in [0.2, 0.25) is 0 Å². The van der Waals surface area contributed by atoms with Crippen molar-refractivity contribution < 1.29 is 0 Å². The SMILES string of the molecule is CCC1(CC)C/C(=C\C(C)C)CC(C)(C)C1. The summed E-state index contributed by atoms with van der Waals surface area (Å²) in [4.78, 5) is 0. The fourth-order valence-electron chi connectivity index (χ4n) is 3.64. The van der Waals surface area contributed by atoms with Crippen molar-refractivity contribution in [1.82, 2.24) is 0 Å². The average Bonchev–Trinajstić information content (AvgIpc) is 2.14. The van der Waals surface area contributed by atoms with Gasteiger partial charge in [0.15, 0.2) is 0 Å². The molecule has 0 radical (unpaired) electrons. The fourth-order valence-corrected chi connectivity index (χ4v) is 3.64. The predicted molar refractivity (Wildman–Crippen MR) is 73.6 cm³/mol. The third kappa shape index (κ3) is 3.37. The molecule has 1 fully saturated rings. The Kier molecular flexibility index (Phi) is 4.26. The van der Waals surface area contributed by atoms with E-state index in [9.17, 15) is 0 Å². The van der Waals surface area contributed by atoms with Crippen LogP contribution in [0.1, 0.15) is 73.6 Å². The van der Waals surface area contributed by atoms with Gasteiger partial charge in [-0.1, -0.05) is 66.0 Å². The third-order valence-electron chi connectivity index (χ3n) is 4.23. The van der Waals surface area contributed by atoms with Gasteiger partial charge >= 0.3 is 0 Å². The van der Waals surface area contributed by atoms with Crippen LogP contribution in [0.2, 0.25) is 0 Å². The highest BCUT2D eigenvalue weighted by molar-refractivity contribution is 5.14. The minimum Gasteiger partial charge on any atom is -0.0827 e. The molecule has 0 nitrogen and oxygen atoms in total. The monoisotopic (exact) mass is 222 g/mol. The molecule has 1 aliphatic carbocycles. The van der Waals surface area contributed by atoms with Gasteiger partial charge in [-0.3, -0.25) is 0 Å². The molecule has 0 aliphatic heterocycles. The maximum atomic E-state index is 2.51. The first-order valence-electron chi connectivity index (χ1n) is 7.02. The summed E-state index contributed by atoms with van der Waals surface area (Å²) in [6.07, 6.45) is 9.25. The van der Waals surface area contributed by atoms with E-state index in [2.05, 4.69) is 47.6 Å². The molecule has 1 rings (SSSR count). The molecule has 0 saturated heterocycles. The Hall–Kier alpha value is -0.260. The smallest absolute Gasteiger partial charge is 0.0260 e. The molecule has 1 saturated carbocycles. The Morgan fingerprint density at radius 2 is 1.69 bits per heavy atom. The van der Waals surface area contributed by atoms with E-state index in [0.717, 1.165) is 0 Å². The summed E-state index contributed by atoms with van der Waals surface area (Å²) in [5.74, 6) is 0.704. The first-order valence-corrected chi connectivity index (χ1v) is 7.02. The number of allylic oxidation sites excluding steroid dienone is 2. The molecule has 0 aromatic rings. The zero-order valence-corrected chi connectivity index (χ0v) is 12.2. The van der Waals surface area contributed by atoms with Gasteiger partial charge < -0.3 is 0 Å². The highest BCUT2D eigenvalue weighted by Crippen LogP contribution is 2.52. The van der Waals surface area contributed by atoms with Crippen LogP contribution < -0.4 is 0 Å². The van der Waals surface area contributed by atoms with Crippen molar-refractivity contribution in [3.05, 3.63) is 11.6 Å². The molecule has 0 aromatic carbocycles. The van der Waals surface area contributed by atoms with Crippen LogP contribution in [0.4, 0.5) is 0 Å². The summed E-state index contributed by atoms with van der Waals surface area (Å²) in [5.41, 5.74) is 2.81. The Balaban J connectivity index is 2.93. The summed E-state index contributed by atoms with van der Waals surface area (Å²) < 4.78 is 0. The normalized spacial score (nSPS) is 26.3. The Labute approximate surface area is 103 Å². The minimum absolute atomic E-state index is 0.505. The van der Waals surface area contributed by atoms with E-state index in [1.165, 1.54) is 32.1 Å². The van der Waals surface area contributed by atoms with Gasteiger partial charge in [-0.15, -0.1) is 0 Å². The molecule has 16 heavy (non-hydrogen) atoms. The van der Waals surface area contributed by atoms with Gasteiger partial charge in [0.05, 0.1) is 0 Å². The van der Waals surface area contributed by atoms with Crippen molar-refractivity contribution in [2.24, 2.45) is 16.7 Å². The van der Waals surface area contributed by atoms with Crippen molar-refractivity contribution in [2.45, 2.75) is 73.6 Å². The van der Waals surface area contributed by atoms with E-state index in [1.54, 1.807) is 5.57 Å². The quantitative estimate of drug-likeness (QED) is 0.546. The molecule has 0 spiro atoms. The van der Waals surface area contributed by atoms with Crippen LogP contribution in [-0.4, -0.2) is 0 Å². The molecule has 1 aliphatic rings. The maximum absolute atomic E-state index is 2.51. The standard InChI is InChI=1S/C16H30/c1-7-16(8-2)11-14(9-13(3)4)10-15(5,6)12-16/h9,13H,7-8,10-12H2,1-6H3/b14-9-. The molecule has 0 bridgehead atoms. The van der Waals surface area contributed by atoms with Crippen LogP contribution in [0.5, 0.6) is 0 Å². The molecule has 0 N–H and O–H groups in total. The Morgan fingerprint density at radius 1 is 1.12 bits per heavy atom. The second-order valence-electron chi connectivity index (χ2n) is 6.97. The van der Waals surface area contributed by atoms with E-state index in [1.807, 2.05) is 0 Å². The van der Waals surface area contributed by atoms with Gasteiger partial charge in [0.1, 0.15) is 0 Å². The van der Waals surface area contributed by atoms with E-state index in [0.29, 0.717) is 16.7 Å². The van der Waals surface area contributed by atoms with Crippen molar-refractivity contribution in [1.29, 1.82) is 0 Å². The van der Waals surface area contributed by atoms with Gasteiger partial charge in [0, 0.05) is 0 Å². The van der Waals surface area contributed by atoms with Crippen LogP contribution in [-0.2, 0) is 0 Å². The second-order valence-corrected chi connectivity index (χ2v) is 6.97. The van der Waals surface area contributed by atoms with Gasteiger partial charge in [-0.2, -0.15) is 0 Å². The summed E-state index contributed by atoms with van der Waals surface area (Å²) in [6, 6.07) is 0. The Bertz CT molecular complexity index is 251. The molecule has 94 valence electrons. The van der Waals surface area contributed by atoms with E-state index < -0.39 is 0 Å². The number of hydrogen-bond acceptors (Lipinski definition) is 0. The lowest BCUT2D eigenvalue weighted by atomic mass is 9.59. The highest BCUT2D eigenvalue weighted by atomic mass is 14.4. The zero-order valence-electron chi connectivity index (χ0n) is 12.2. The molecule has 0 heteroatoms. The first-order chi connectivity index (χ1) is 7.32. The summed E-state index contributed by atoms with van der Waals surface area (Å²) >= 11 is 0. The molecular formula is C16H30. The summed E-state index contributed by atoms with van der Waals surface area (Å²) in [7, 11) is 0. The van der Waals surface area contributed by atoms with Crippen molar-refractivity contribution in [3.8, 4) is 0 Å². The first kappa shape index (κ1) is 13.8. The van der Waals surface area contributed by atoms with Crippen LogP contribution in [0.3, 0.4) is 0 Å². The van der Waals surface area contributed by atoms with E-state index >= 15 is 0 Å². The van der Waals surface area contributed by atoms with Crippen molar-refractivity contribution >= 4 is 0 Å². The predicted octanol–water partition coefficient (Wildman–Crippen LogP) is 5.59. The van der Waals surface area contributed by atoms with E-state index in [4.69, 9.17) is 0 Å². The topological polar surface area (TPSA) is 0 Å². The largest absolute Gasteiger partial charge is 0.0827 e. The lowest BCUT2D eigenvalue weighted by molar-refractivity contribution is 0.108. The van der Waals surface area contributed by atoms with Crippen LogP contribution in [0.25, 0.3) is 0 Å². The minimum atomic E-state index is 0.505. The lowest BCUT2D eigenvalue weighted by Crippen LogP contribution is -2.33. The molecule has 0 aromatic heterocycles. The number of rotatable bonds is 3. The van der Waals surface area contributed by atoms with Gasteiger partial charge in [-0.05, 0) is 36.0 Å².